The van der Waals surface area contributed by atoms with Crippen molar-refractivity contribution in [3.05, 3.63) is 22.7 Å². The molecule has 19 heavy (non-hydrogen) atoms. The Morgan fingerprint density at radius 2 is 2.05 bits per heavy atom. The monoisotopic (exact) mass is 283 g/mol. The fourth-order valence-corrected chi connectivity index (χ4v) is 2.24. The number of methoxy groups -OCH3 is 1. The minimum absolute atomic E-state index is 0.715. The Labute approximate surface area is 120 Å². The van der Waals surface area contributed by atoms with Gasteiger partial charge in [-0.1, -0.05) is 11.6 Å². The van der Waals surface area contributed by atoms with E-state index in [-0.39, 0.29) is 0 Å². The van der Waals surface area contributed by atoms with E-state index in [0.717, 1.165) is 54.5 Å². The predicted molar refractivity (Wildman–Crippen MR) is 78.2 cm³/mol. The van der Waals surface area contributed by atoms with Crippen molar-refractivity contribution in [2.24, 2.45) is 11.7 Å². The molecule has 0 aliphatic heterocycles. The van der Waals surface area contributed by atoms with Gasteiger partial charge in [-0.2, -0.15) is 0 Å². The molecule has 0 unspecified atom stereocenters. The Kier molecular flexibility index (Phi) is 5.34. The second-order valence-corrected chi connectivity index (χ2v) is 5.50. The number of hydrogen-bond donors (Lipinski definition) is 1. The van der Waals surface area contributed by atoms with Crippen LogP contribution in [0.5, 0.6) is 11.5 Å². The van der Waals surface area contributed by atoms with Crippen LogP contribution in [0.3, 0.4) is 0 Å². The third-order valence-electron chi connectivity index (χ3n) is 3.40. The minimum Gasteiger partial charge on any atom is -0.493 e. The van der Waals surface area contributed by atoms with Crippen LogP contribution in [-0.4, -0.2) is 20.3 Å². The molecule has 0 heterocycles. The lowest BCUT2D eigenvalue weighted by atomic mass is 10.1. The van der Waals surface area contributed by atoms with Crippen molar-refractivity contribution in [3.63, 3.8) is 0 Å². The summed E-state index contributed by atoms with van der Waals surface area (Å²) < 4.78 is 11.2. The van der Waals surface area contributed by atoms with E-state index in [0.29, 0.717) is 5.92 Å². The largest absolute Gasteiger partial charge is 0.493 e. The van der Waals surface area contributed by atoms with Crippen LogP contribution in [0.15, 0.2) is 12.1 Å². The van der Waals surface area contributed by atoms with E-state index < -0.39 is 0 Å². The van der Waals surface area contributed by atoms with E-state index in [4.69, 9.17) is 26.8 Å². The van der Waals surface area contributed by atoms with Gasteiger partial charge in [0.15, 0.2) is 11.5 Å². The van der Waals surface area contributed by atoms with Crippen LogP contribution < -0.4 is 15.2 Å². The highest BCUT2D eigenvalue weighted by Crippen LogP contribution is 2.36. The zero-order valence-corrected chi connectivity index (χ0v) is 12.2. The first kappa shape index (κ1) is 14.5. The van der Waals surface area contributed by atoms with Gasteiger partial charge in [-0.3, -0.25) is 0 Å². The van der Waals surface area contributed by atoms with Gasteiger partial charge in [0.2, 0.25) is 0 Å². The van der Waals surface area contributed by atoms with E-state index in [1.807, 2.05) is 12.1 Å². The average molecular weight is 284 g/mol. The molecule has 2 rings (SSSR count). The molecular formula is C15H22ClNO2. The number of halogens is 1. The van der Waals surface area contributed by atoms with Gasteiger partial charge in [-0.05, 0) is 56.2 Å². The van der Waals surface area contributed by atoms with E-state index in [9.17, 15) is 0 Å². The predicted octanol–water partition coefficient (Wildman–Crippen LogP) is 3.42. The van der Waals surface area contributed by atoms with Gasteiger partial charge >= 0.3 is 0 Å². The van der Waals surface area contributed by atoms with Gasteiger partial charge in [0.05, 0.1) is 13.7 Å². The van der Waals surface area contributed by atoms with Gasteiger partial charge < -0.3 is 15.2 Å². The molecule has 1 aliphatic carbocycles. The summed E-state index contributed by atoms with van der Waals surface area (Å²) in [4.78, 5) is 0. The number of aryl methyl sites for hydroxylation is 1. The summed E-state index contributed by atoms with van der Waals surface area (Å²) in [5.41, 5.74) is 6.61. The second-order valence-electron chi connectivity index (χ2n) is 5.09. The molecule has 0 bridgehead atoms. The molecule has 106 valence electrons. The van der Waals surface area contributed by atoms with Crippen molar-refractivity contribution in [3.8, 4) is 11.5 Å². The molecule has 0 radical (unpaired) electrons. The molecule has 1 aliphatic rings. The maximum atomic E-state index is 6.30. The summed E-state index contributed by atoms with van der Waals surface area (Å²) in [6.07, 6.45) is 5.52. The molecule has 0 amide bonds. The lowest BCUT2D eigenvalue weighted by Crippen LogP contribution is -2.02. The topological polar surface area (TPSA) is 44.5 Å². The van der Waals surface area contributed by atoms with Crippen LogP contribution in [0.4, 0.5) is 0 Å². The van der Waals surface area contributed by atoms with E-state index in [2.05, 4.69) is 0 Å². The highest BCUT2D eigenvalue weighted by molar-refractivity contribution is 6.31. The van der Waals surface area contributed by atoms with Crippen molar-refractivity contribution in [1.29, 1.82) is 0 Å². The van der Waals surface area contributed by atoms with Gasteiger partial charge in [0.25, 0.3) is 0 Å². The van der Waals surface area contributed by atoms with Crippen LogP contribution in [0.1, 0.15) is 31.2 Å². The Bertz CT molecular complexity index is 419. The molecular weight excluding hydrogens is 262 g/mol. The van der Waals surface area contributed by atoms with Gasteiger partial charge in [0.1, 0.15) is 0 Å². The zero-order valence-electron chi connectivity index (χ0n) is 11.5. The first-order chi connectivity index (χ1) is 9.24. The number of benzene rings is 1. The number of nitrogens with two attached hydrogens (primary N) is 1. The molecule has 3 nitrogen and oxygen atoms in total. The molecule has 0 saturated heterocycles. The Morgan fingerprint density at radius 1 is 1.26 bits per heavy atom. The lowest BCUT2D eigenvalue weighted by molar-refractivity contribution is 0.280. The fraction of sp³-hybridized carbons (Fsp3) is 0.600. The SMILES string of the molecule is COc1cc(CCCCN)c(Cl)cc1OCC1CC1. The minimum atomic E-state index is 0.715. The van der Waals surface area contributed by atoms with Crippen molar-refractivity contribution in [1.82, 2.24) is 0 Å². The number of unbranched alkanes of at least 4 members (excludes halogenated alkanes) is 1. The highest BCUT2D eigenvalue weighted by Gasteiger charge is 2.22. The van der Waals surface area contributed by atoms with Crippen LogP contribution in [0.2, 0.25) is 5.02 Å². The zero-order chi connectivity index (χ0) is 13.7. The number of ether oxygens (including phenoxy) is 2. The molecule has 1 fully saturated rings. The lowest BCUT2D eigenvalue weighted by Gasteiger charge is -2.13. The fourth-order valence-electron chi connectivity index (χ4n) is 1.99. The maximum Gasteiger partial charge on any atom is 0.162 e. The van der Waals surface area contributed by atoms with Crippen LogP contribution in [-0.2, 0) is 6.42 Å². The maximum absolute atomic E-state index is 6.30. The molecule has 4 heteroatoms. The van der Waals surface area contributed by atoms with Gasteiger partial charge in [0, 0.05) is 11.1 Å². The summed E-state index contributed by atoms with van der Waals surface area (Å²) in [7, 11) is 1.66. The molecule has 0 spiro atoms. The average Bonchev–Trinajstić information content (AvgIpc) is 3.22. The summed E-state index contributed by atoms with van der Waals surface area (Å²) in [5, 5.41) is 0.753. The highest BCUT2D eigenvalue weighted by atomic mass is 35.5. The molecule has 0 aromatic heterocycles. The number of rotatable bonds is 8. The Balaban J connectivity index is 2.04. The normalized spacial score (nSPS) is 14.5. The summed E-state index contributed by atoms with van der Waals surface area (Å²) in [6, 6.07) is 3.86. The summed E-state index contributed by atoms with van der Waals surface area (Å²) in [6.45, 7) is 1.48. The van der Waals surface area contributed by atoms with Crippen molar-refractivity contribution >= 4 is 11.6 Å². The van der Waals surface area contributed by atoms with E-state index >= 15 is 0 Å². The third-order valence-corrected chi connectivity index (χ3v) is 3.76. The van der Waals surface area contributed by atoms with E-state index in [1.165, 1.54) is 12.8 Å². The first-order valence-electron chi connectivity index (χ1n) is 6.94. The summed E-state index contributed by atoms with van der Waals surface area (Å²) in [5.74, 6) is 2.24. The van der Waals surface area contributed by atoms with E-state index in [1.54, 1.807) is 7.11 Å². The van der Waals surface area contributed by atoms with Crippen LogP contribution >= 0.6 is 11.6 Å². The van der Waals surface area contributed by atoms with Crippen molar-refractivity contribution in [2.45, 2.75) is 32.1 Å². The smallest absolute Gasteiger partial charge is 0.162 e. The van der Waals surface area contributed by atoms with Crippen LogP contribution in [0, 0.1) is 5.92 Å². The third kappa shape index (κ3) is 4.29. The molecule has 1 aromatic rings. The Hall–Kier alpha value is -0.930. The molecule has 0 atom stereocenters. The standard InChI is InChI=1S/C15H22ClNO2/c1-18-14-8-12(4-2-3-7-17)13(16)9-15(14)19-10-11-5-6-11/h8-9,11H,2-7,10,17H2,1H3. The van der Waals surface area contributed by atoms with Crippen molar-refractivity contribution < 1.29 is 9.47 Å². The van der Waals surface area contributed by atoms with Gasteiger partial charge in [-0.15, -0.1) is 0 Å². The second kappa shape index (κ2) is 7.01. The molecule has 1 aromatic carbocycles. The summed E-state index contributed by atoms with van der Waals surface area (Å²) >= 11 is 6.30. The quantitative estimate of drug-likeness (QED) is 0.744. The molecule has 2 N–H and O–H groups in total. The van der Waals surface area contributed by atoms with Gasteiger partial charge in [-0.25, -0.2) is 0 Å². The van der Waals surface area contributed by atoms with Crippen LogP contribution in [0.25, 0.3) is 0 Å². The Morgan fingerprint density at radius 3 is 2.68 bits per heavy atom. The molecule has 1 saturated carbocycles. The number of hydrogen-bond acceptors (Lipinski definition) is 3. The first-order valence-corrected chi connectivity index (χ1v) is 7.31. The van der Waals surface area contributed by atoms with Crippen molar-refractivity contribution in [2.75, 3.05) is 20.3 Å².